The maximum Gasteiger partial charge on any atom is 0.293 e. The molecule has 0 aliphatic carbocycles. The van der Waals surface area contributed by atoms with Crippen molar-refractivity contribution in [2.24, 2.45) is 0 Å². The van der Waals surface area contributed by atoms with Crippen molar-refractivity contribution in [3.63, 3.8) is 0 Å². The minimum absolute atomic E-state index is 0.116. The van der Waals surface area contributed by atoms with Gasteiger partial charge in [-0.05, 0) is 43.3 Å². The fourth-order valence-corrected chi connectivity index (χ4v) is 3.74. The zero-order valence-corrected chi connectivity index (χ0v) is 16.0. The van der Waals surface area contributed by atoms with Crippen LogP contribution in [0.25, 0.3) is 17.4 Å². The molecule has 2 aromatic rings. The van der Waals surface area contributed by atoms with Crippen molar-refractivity contribution in [1.82, 2.24) is 4.90 Å². The average molecular weight is 407 g/mol. The minimum Gasteiger partial charge on any atom is -0.457 e. The highest BCUT2D eigenvalue weighted by Crippen LogP contribution is 2.36. The number of amides is 2. The fraction of sp³-hybridized carbons (Fsp3) is 0.222. The maximum absolute atomic E-state index is 12.4. The number of furan rings is 1. The van der Waals surface area contributed by atoms with Crippen LogP contribution in [-0.4, -0.2) is 27.0 Å². The molecule has 1 fully saturated rings. The van der Waals surface area contributed by atoms with Crippen LogP contribution in [0.5, 0.6) is 0 Å². The summed E-state index contributed by atoms with van der Waals surface area (Å²) in [5, 5.41) is 10.7. The van der Waals surface area contributed by atoms with E-state index < -0.39 is 4.92 Å². The summed E-state index contributed by atoms with van der Waals surface area (Å²) in [5.74, 6) is 0.446. The van der Waals surface area contributed by atoms with Crippen LogP contribution in [0.1, 0.15) is 26.0 Å². The molecular formula is C18H15ClN2O5S. The van der Waals surface area contributed by atoms with E-state index in [1.54, 1.807) is 12.1 Å². The Morgan fingerprint density at radius 1 is 1.33 bits per heavy atom. The van der Waals surface area contributed by atoms with Crippen LogP contribution in [0.15, 0.2) is 39.7 Å². The second kappa shape index (κ2) is 7.58. The Morgan fingerprint density at radius 3 is 2.70 bits per heavy atom. The molecule has 1 saturated heterocycles. The van der Waals surface area contributed by atoms with Gasteiger partial charge in [0, 0.05) is 29.8 Å². The molecule has 3 rings (SSSR count). The number of nitro benzene ring substituents is 1. The monoisotopic (exact) mass is 406 g/mol. The Balaban J connectivity index is 1.87. The molecule has 0 unspecified atom stereocenters. The molecule has 0 bridgehead atoms. The average Bonchev–Trinajstić information content (AvgIpc) is 3.19. The summed E-state index contributed by atoms with van der Waals surface area (Å²) in [4.78, 5) is 36.3. The van der Waals surface area contributed by atoms with Gasteiger partial charge in [0.2, 0.25) is 0 Å². The van der Waals surface area contributed by atoms with Crippen LogP contribution in [0.2, 0.25) is 5.02 Å². The van der Waals surface area contributed by atoms with Gasteiger partial charge in [-0.2, -0.15) is 0 Å². The minimum atomic E-state index is -0.531. The number of hydrogen-bond donors (Lipinski definition) is 0. The first-order chi connectivity index (χ1) is 12.8. The Hall–Kier alpha value is -2.58. The van der Waals surface area contributed by atoms with Crippen LogP contribution in [0.3, 0.4) is 0 Å². The number of non-ortho nitro benzene ring substituents is 1. The van der Waals surface area contributed by atoms with E-state index in [4.69, 9.17) is 16.0 Å². The standard InChI is InChI=1S/C18H15ClN2O5S/c1-3-10(2)20-17(22)16(27-18(20)23)9-12-5-7-15(26-12)13-6-4-11(21(24)25)8-14(13)19/h4-10H,3H2,1-2H3/b16-9+/t10-/m0/s1. The molecule has 1 atom stereocenters. The lowest BCUT2D eigenvalue weighted by Gasteiger charge is -2.19. The largest absolute Gasteiger partial charge is 0.457 e. The van der Waals surface area contributed by atoms with Gasteiger partial charge in [0.25, 0.3) is 16.8 Å². The highest BCUT2D eigenvalue weighted by molar-refractivity contribution is 8.18. The number of hydrogen-bond acceptors (Lipinski definition) is 6. The highest BCUT2D eigenvalue weighted by atomic mass is 35.5. The third-order valence-electron chi connectivity index (χ3n) is 4.18. The lowest BCUT2D eigenvalue weighted by atomic mass is 10.1. The smallest absolute Gasteiger partial charge is 0.293 e. The van der Waals surface area contributed by atoms with Crippen molar-refractivity contribution < 1.29 is 18.9 Å². The number of nitro groups is 1. The first-order valence-corrected chi connectivity index (χ1v) is 9.32. The zero-order valence-electron chi connectivity index (χ0n) is 14.5. The molecule has 27 heavy (non-hydrogen) atoms. The number of carbonyl (C=O) groups is 2. The van der Waals surface area contributed by atoms with E-state index in [0.29, 0.717) is 23.5 Å². The third-order valence-corrected chi connectivity index (χ3v) is 5.38. The van der Waals surface area contributed by atoms with Crippen molar-refractivity contribution in [2.45, 2.75) is 26.3 Å². The van der Waals surface area contributed by atoms with Gasteiger partial charge in [-0.3, -0.25) is 24.6 Å². The van der Waals surface area contributed by atoms with Gasteiger partial charge < -0.3 is 4.42 Å². The molecule has 1 aliphatic rings. The van der Waals surface area contributed by atoms with Crippen LogP contribution >= 0.6 is 23.4 Å². The third kappa shape index (κ3) is 3.77. The van der Waals surface area contributed by atoms with E-state index >= 15 is 0 Å². The predicted molar refractivity (Wildman–Crippen MR) is 103 cm³/mol. The SMILES string of the molecule is CC[C@H](C)N1C(=O)S/C(=C/c2ccc(-c3ccc([N+](=O)[O-])cc3Cl)o2)C1=O. The van der Waals surface area contributed by atoms with Gasteiger partial charge in [0.05, 0.1) is 14.9 Å². The molecule has 0 spiro atoms. The fourth-order valence-electron chi connectivity index (χ4n) is 2.56. The summed E-state index contributed by atoms with van der Waals surface area (Å²) >= 11 is 6.98. The molecule has 2 amide bonds. The van der Waals surface area contributed by atoms with Crippen LogP contribution in [0, 0.1) is 10.1 Å². The first-order valence-electron chi connectivity index (χ1n) is 8.13. The number of nitrogens with zero attached hydrogens (tertiary/aromatic N) is 2. The molecule has 1 aliphatic heterocycles. The van der Waals surface area contributed by atoms with Crippen molar-refractivity contribution in [3.05, 3.63) is 56.1 Å². The molecule has 1 aromatic carbocycles. The molecule has 9 heteroatoms. The van der Waals surface area contributed by atoms with Crippen molar-refractivity contribution in [3.8, 4) is 11.3 Å². The lowest BCUT2D eigenvalue weighted by Crippen LogP contribution is -2.36. The molecule has 0 N–H and O–H groups in total. The quantitative estimate of drug-likeness (QED) is 0.377. The molecule has 140 valence electrons. The number of rotatable bonds is 5. The van der Waals surface area contributed by atoms with E-state index in [-0.39, 0.29) is 32.8 Å². The van der Waals surface area contributed by atoms with Crippen LogP contribution < -0.4 is 0 Å². The van der Waals surface area contributed by atoms with Crippen LogP contribution in [-0.2, 0) is 4.79 Å². The molecule has 0 radical (unpaired) electrons. The zero-order chi connectivity index (χ0) is 19.7. The van der Waals surface area contributed by atoms with Gasteiger partial charge in [-0.1, -0.05) is 18.5 Å². The van der Waals surface area contributed by atoms with E-state index in [1.807, 2.05) is 13.8 Å². The Labute approximate surface area is 164 Å². The predicted octanol–water partition coefficient (Wildman–Crippen LogP) is 5.34. The van der Waals surface area contributed by atoms with Crippen LogP contribution in [0.4, 0.5) is 10.5 Å². The molecular weight excluding hydrogens is 392 g/mol. The van der Waals surface area contributed by atoms with Gasteiger partial charge in [0.1, 0.15) is 11.5 Å². The summed E-state index contributed by atoms with van der Waals surface area (Å²) < 4.78 is 5.69. The molecule has 0 saturated carbocycles. The Morgan fingerprint density at radius 2 is 2.07 bits per heavy atom. The summed E-state index contributed by atoms with van der Waals surface area (Å²) in [6, 6.07) is 7.20. The normalized spacial score (nSPS) is 17.0. The lowest BCUT2D eigenvalue weighted by molar-refractivity contribution is -0.384. The van der Waals surface area contributed by atoms with Gasteiger partial charge >= 0.3 is 0 Å². The Kier molecular flexibility index (Phi) is 5.38. The van der Waals surface area contributed by atoms with E-state index in [9.17, 15) is 19.7 Å². The summed E-state index contributed by atoms with van der Waals surface area (Å²) in [6.07, 6.45) is 2.19. The number of halogens is 1. The van der Waals surface area contributed by atoms with Gasteiger partial charge in [0.15, 0.2) is 0 Å². The highest BCUT2D eigenvalue weighted by Gasteiger charge is 2.37. The van der Waals surface area contributed by atoms with E-state index in [1.165, 1.54) is 29.2 Å². The van der Waals surface area contributed by atoms with Crippen molar-refractivity contribution in [1.29, 1.82) is 0 Å². The van der Waals surface area contributed by atoms with Crippen molar-refractivity contribution >= 4 is 46.3 Å². The van der Waals surface area contributed by atoms with Gasteiger partial charge in [-0.25, -0.2) is 0 Å². The first kappa shape index (κ1) is 19.2. The second-order valence-corrected chi connectivity index (χ2v) is 7.33. The summed E-state index contributed by atoms with van der Waals surface area (Å²) in [7, 11) is 0. The van der Waals surface area contributed by atoms with E-state index in [2.05, 4.69) is 0 Å². The van der Waals surface area contributed by atoms with Gasteiger partial charge in [-0.15, -0.1) is 0 Å². The second-order valence-electron chi connectivity index (χ2n) is 5.93. The number of imide groups is 1. The number of carbonyl (C=O) groups excluding carboxylic acids is 2. The topological polar surface area (TPSA) is 93.7 Å². The summed E-state index contributed by atoms with van der Waals surface area (Å²) in [6.45, 7) is 3.73. The molecule has 2 heterocycles. The van der Waals surface area contributed by atoms with E-state index in [0.717, 1.165) is 11.8 Å². The Bertz CT molecular complexity index is 968. The molecule has 1 aromatic heterocycles. The number of benzene rings is 1. The maximum atomic E-state index is 12.4. The molecule has 7 nitrogen and oxygen atoms in total. The number of thioether (sulfide) groups is 1. The summed E-state index contributed by atoms with van der Waals surface area (Å²) in [5.41, 5.74) is 0.379. The van der Waals surface area contributed by atoms with Crippen molar-refractivity contribution in [2.75, 3.05) is 0 Å².